The molecule has 0 spiro atoms. The Morgan fingerprint density at radius 2 is 2.11 bits per heavy atom. The van der Waals surface area contributed by atoms with Gasteiger partial charge in [-0.05, 0) is 13.0 Å². The summed E-state index contributed by atoms with van der Waals surface area (Å²) in [7, 11) is 0. The number of hydrogen-bond donors (Lipinski definition) is 3. The molecule has 1 heterocycles. The van der Waals surface area contributed by atoms with Crippen LogP contribution in [-0.4, -0.2) is 35.8 Å². The Kier molecular flexibility index (Phi) is 5.84. The molecule has 1 aromatic heterocycles. The summed E-state index contributed by atoms with van der Waals surface area (Å²) in [6, 6.07) is 0.833. The van der Waals surface area contributed by atoms with Gasteiger partial charge in [-0.1, -0.05) is 11.6 Å². The van der Waals surface area contributed by atoms with Gasteiger partial charge in [0.05, 0.1) is 16.7 Å². The zero-order valence-electron chi connectivity index (χ0n) is 10.3. The fraction of sp³-hybridized carbons (Fsp3) is 0.545. The summed E-state index contributed by atoms with van der Waals surface area (Å²) in [5, 5.41) is 14.7. The standard InChI is InChI=1S/C11H15ClF3N3O/c1-7(19)5-16-2-3-17-10-9(12)4-8(6-18-10)11(13,14)15/h4,6-7,16,19H,2-3,5H2,1H3,(H,17,18). The monoisotopic (exact) mass is 297 g/mol. The minimum atomic E-state index is -4.45. The molecule has 19 heavy (non-hydrogen) atoms. The van der Waals surface area contributed by atoms with E-state index in [0.717, 1.165) is 12.3 Å². The molecule has 0 saturated carbocycles. The summed E-state index contributed by atoms with van der Waals surface area (Å²) in [5.74, 6) is 0.202. The van der Waals surface area contributed by atoms with Gasteiger partial charge in [0.1, 0.15) is 5.82 Å². The minimum Gasteiger partial charge on any atom is -0.392 e. The van der Waals surface area contributed by atoms with Crippen LogP contribution < -0.4 is 10.6 Å². The van der Waals surface area contributed by atoms with Crippen molar-refractivity contribution < 1.29 is 18.3 Å². The van der Waals surface area contributed by atoms with E-state index in [1.807, 2.05) is 0 Å². The SMILES string of the molecule is CC(O)CNCCNc1ncc(C(F)(F)F)cc1Cl. The van der Waals surface area contributed by atoms with Gasteiger partial charge in [0.15, 0.2) is 0 Å². The maximum Gasteiger partial charge on any atom is 0.417 e. The maximum absolute atomic E-state index is 12.4. The third-order valence-electron chi connectivity index (χ3n) is 2.20. The second kappa shape index (κ2) is 6.93. The second-order valence-electron chi connectivity index (χ2n) is 4.03. The number of rotatable bonds is 6. The van der Waals surface area contributed by atoms with Crippen LogP contribution in [0.3, 0.4) is 0 Å². The van der Waals surface area contributed by atoms with Crippen LogP contribution >= 0.6 is 11.6 Å². The number of hydrogen-bond acceptors (Lipinski definition) is 4. The van der Waals surface area contributed by atoms with E-state index < -0.39 is 17.8 Å². The lowest BCUT2D eigenvalue weighted by atomic mass is 10.3. The summed E-state index contributed by atoms with van der Waals surface area (Å²) >= 11 is 5.71. The molecule has 1 unspecified atom stereocenters. The normalized spacial score (nSPS) is 13.4. The molecular formula is C11H15ClF3N3O. The smallest absolute Gasteiger partial charge is 0.392 e. The topological polar surface area (TPSA) is 57.2 Å². The highest BCUT2D eigenvalue weighted by atomic mass is 35.5. The molecule has 0 bridgehead atoms. The van der Waals surface area contributed by atoms with Crippen molar-refractivity contribution >= 4 is 17.4 Å². The molecule has 8 heteroatoms. The molecule has 1 rings (SSSR count). The molecule has 0 saturated heterocycles. The van der Waals surface area contributed by atoms with Gasteiger partial charge in [0, 0.05) is 25.8 Å². The number of pyridine rings is 1. The number of nitrogens with zero attached hydrogens (tertiary/aromatic N) is 1. The summed E-state index contributed by atoms with van der Waals surface area (Å²) in [5.41, 5.74) is -0.879. The molecule has 108 valence electrons. The van der Waals surface area contributed by atoms with E-state index in [0.29, 0.717) is 19.6 Å². The number of aromatic nitrogens is 1. The number of aliphatic hydroxyl groups excluding tert-OH is 1. The highest BCUT2D eigenvalue weighted by Gasteiger charge is 2.31. The minimum absolute atomic E-state index is 0.0784. The van der Waals surface area contributed by atoms with E-state index in [1.54, 1.807) is 6.92 Å². The number of nitrogens with one attached hydrogen (secondary N) is 2. The summed E-state index contributed by atoms with van der Waals surface area (Å²) in [6.45, 7) is 3.05. The third kappa shape index (κ3) is 5.63. The molecule has 1 atom stereocenters. The van der Waals surface area contributed by atoms with Gasteiger partial charge in [0.2, 0.25) is 0 Å². The molecule has 0 fully saturated rings. The van der Waals surface area contributed by atoms with Gasteiger partial charge in [-0.25, -0.2) is 4.98 Å². The van der Waals surface area contributed by atoms with Crippen molar-refractivity contribution in [2.45, 2.75) is 19.2 Å². The van der Waals surface area contributed by atoms with Gasteiger partial charge >= 0.3 is 6.18 Å². The average molecular weight is 298 g/mol. The molecule has 0 radical (unpaired) electrons. The van der Waals surface area contributed by atoms with Crippen LogP contribution in [0.1, 0.15) is 12.5 Å². The van der Waals surface area contributed by atoms with Crippen LogP contribution in [0.15, 0.2) is 12.3 Å². The van der Waals surface area contributed by atoms with E-state index in [-0.39, 0.29) is 10.8 Å². The van der Waals surface area contributed by atoms with E-state index in [2.05, 4.69) is 15.6 Å². The molecule has 3 N–H and O–H groups in total. The van der Waals surface area contributed by atoms with Gasteiger partial charge in [-0.15, -0.1) is 0 Å². The fourth-order valence-corrected chi connectivity index (χ4v) is 1.54. The highest BCUT2D eigenvalue weighted by Crippen LogP contribution is 2.32. The number of halogens is 4. The van der Waals surface area contributed by atoms with Crippen LogP contribution in [0.4, 0.5) is 19.0 Å². The van der Waals surface area contributed by atoms with Crippen LogP contribution in [-0.2, 0) is 6.18 Å². The predicted octanol–water partition coefficient (Wildman–Crippen LogP) is 2.14. The average Bonchev–Trinajstić information content (AvgIpc) is 2.28. The van der Waals surface area contributed by atoms with Crippen molar-refractivity contribution in [3.63, 3.8) is 0 Å². The van der Waals surface area contributed by atoms with E-state index in [9.17, 15) is 13.2 Å². The molecule has 0 amide bonds. The van der Waals surface area contributed by atoms with Crippen LogP contribution in [0.2, 0.25) is 5.02 Å². The van der Waals surface area contributed by atoms with E-state index in [4.69, 9.17) is 16.7 Å². The summed E-state index contributed by atoms with van der Waals surface area (Å²) in [6.07, 6.45) is -4.17. The Morgan fingerprint density at radius 3 is 2.63 bits per heavy atom. The van der Waals surface area contributed by atoms with Crippen molar-refractivity contribution in [1.29, 1.82) is 0 Å². The first-order valence-electron chi connectivity index (χ1n) is 5.66. The van der Waals surface area contributed by atoms with Crippen LogP contribution in [0.25, 0.3) is 0 Å². The molecule has 0 aromatic carbocycles. The van der Waals surface area contributed by atoms with E-state index in [1.165, 1.54) is 0 Å². The Bertz CT molecular complexity index is 413. The number of anilines is 1. The Labute approximate surface area is 114 Å². The fourth-order valence-electron chi connectivity index (χ4n) is 1.30. The van der Waals surface area contributed by atoms with Crippen molar-refractivity contribution in [3.8, 4) is 0 Å². The van der Waals surface area contributed by atoms with Crippen LogP contribution in [0.5, 0.6) is 0 Å². The lowest BCUT2D eigenvalue weighted by molar-refractivity contribution is -0.137. The van der Waals surface area contributed by atoms with Crippen molar-refractivity contribution in [1.82, 2.24) is 10.3 Å². The maximum atomic E-state index is 12.4. The Morgan fingerprint density at radius 1 is 1.42 bits per heavy atom. The Hall–Kier alpha value is -1.05. The molecular weight excluding hydrogens is 283 g/mol. The van der Waals surface area contributed by atoms with Gasteiger partial charge in [-0.3, -0.25) is 0 Å². The largest absolute Gasteiger partial charge is 0.417 e. The highest BCUT2D eigenvalue weighted by molar-refractivity contribution is 6.32. The molecule has 0 aliphatic carbocycles. The zero-order valence-corrected chi connectivity index (χ0v) is 11.0. The second-order valence-corrected chi connectivity index (χ2v) is 4.44. The molecule has 0 aliphatic rings. The third-order valence-corrected chi connectivity index (χ3v) is 2.49. The van der Waals surface area contributed by atoms with Gasteiger partial charge < -0.3 is 15.7 Å². The first-order chi connectivity index (χ1) is 8.80. The van der Waals surface area contributed by atoms with Crippen molar-refractivity contribution in [3.05, 3.63) is 22.8 Å². The molecule has 1 aromatic rings. The number of aliphatic hydroxyl groups is 1. The lowest BCUT2D eigenvalue weighted by Crippen LogP contribution is -2.29. The zero-order chi connectivity index (χ0) is 14.5. The first-order valence-corrected chi connectivity index (χ1v) is 6.04. The predicted molar refractivity (Wildman–Crippen MR) is 67.3 cm³/mol. The summed E-state index contributed by atoms with van der Waals surface area (Å²) < 4.78 is 37.1. The van der Waals surface area contributed by atoms with E-state index >= 15 is 0 Å². The van der Waals surface area contributed by atoms with Gasteiger partial charge in [0.25, 0.3) is 0 Å². The van der Waals surface area contributed by atoms with Crippen molar-refractivity contribution in [2.24, 2.45) is 0 Å². The quantitative estimate of drug-likeness (QED) is 0.704. The van der Waals surface area contributed by atoms with Gasteiger partial charge in [-0.2, -0.15) is 13.2 Å². The Balaban J connectivity index is 2.47. The first kappa shape index (κ1) is 16.0. The van der Waals surface area contributed by atoms with Crippen LogP contribution in [0, 0.1) is 0 Å². The molecule has 4 nitrogen and oxygen atoms in total. The number of alkyl halides is 3. The van der Waals surface area contributed by atoms with Crippen molar-refractivity contribution in [2.75, 3.05) is 25.0 Å². The lowest BCUT2D eigenvalue weighted by Gasteiger charge is -2.11. The molecule has 0 aliphatic heterocycles. The summed E-state index contributed by atoms with van der Waals surface area (Å²) in [4.78, 5) is 3.64.